The van der Waals surface area contributed by atoms with Crippen LogP contribution in [-0.4, -0.2) is 40.1 Å². The van der Waals surface area contributed by atoms with Gasteiger partial charge >= 0.3 is 0 Å². The predicted molar refractivity (Wildman–Crippen MR) is 129 cm³/mol. The number of aryl methyl sites for hydroxylation is 1. The minimum absolute atomic E-state index is 0.0298. The van der Waals surface area contributed by atoms with Crippen molar-refractivity contribution in [3.05, 3.63) is 89.0 Å². The molecule has 3 aromatic rings. The van der Waals surface area contributed by atoms with E-state index in [9.17, 15) is 20.4 Å². The molecule has 0 bridgehead atoms. The normalized spacial score (nSPS) is 11.9. The zero-order valence-electron chi connectivity index (χ0n) is 18.8. The zero-order valence-corrected chi connectivity index (χ0v) is 18.8. The molecule has 0 fully saturated rings. The second-order valence-electron chi connectivity index (χ2n) is 8.14. The highest BCUT2D eigenvalue weighted by atomic mass is 16.5. The highest BCUT2D eigenvalue weighted by Crippen LogP contribution is 2.22. The first kappa shape index (κ1) is 24.6. The first-order chi connectivity index (χ1) is 16.0. The summed E-state index contributed by atoms with van der Waals surface area (Å²) in [6.07, 6.45) is 3.00. The van der Waals surface area contributed by atoms with Gasteiger partial charge in [-0.1, -0.05) is 30.3 Å². The molecule has 6 nitrogen and oxygen atoms in total. The van der Waals surface area contributed by atoms with Crippen molar-refractivity contribution in [1.82, 2.24) is 5.32 Å². The van der Waals surface area contributed by atoms with Crippen molar-refractivity contribution in [3.8, 4) is 17.2 Å². The van der Waals surface area contributed by atoms with Crippen LogP contribution in [0.15, 0.2) is 66.7 Å². The summed E-state index contributed by atoms with van der Waals surface area (Å²) < 4.78 is 5.82. The summed E-state index contributed by atoms with van der Waals surface area (Å²) in [5.41, 5.74) is 3.39. The first-order valence-electron chi connectivity index (χ1n) is 11.4. The number of nitrogens with one attached hydrogen (secondary N) is 1. The molecule has 0 aromatic heterocycles. The molecule has 0 aliphatic rings. The molecule has 6 heteroatoms. The van der Waals surface area contributed by atoms with Crippen molar-refractivity contribution in [2.24, 2.45) is 0 Å². The van der Waals surface area contributed by atoms with Gasteiger partial charge in [0.15, 0.2) is 0 Å². The molecule has 0 heterocycles. The lowest BCUT2D eigenvalue weighted by Gasteiger charge is -2.14. The fraction of sp³-hybridized carbons (Fsp3) is 0.333. The van der Waals surface area contributed by atoms with Crippen LogP contribution in [0.25, 0.3) is 0 Å². The van der Waals surface area contributed by atoms with E-state index in [1.165, 1.54) is 11.6 Å². The minimum Gasteiger partial charge on any atom is -0.508 e. The molecule has 0 saturated carbocycles. The topological polar surface area (TPSA) is 102 Å². The van der Waals surface area contributed by atoms with Crippen LogP contribution in [0.2, 0.25) is 0 Å². The Labute approximate surface area is 195 Å². The van der Waals surface area contributed by atoms with Gasteiger partial charge in [0.2, 0.25) is 0 Å². The average Bonchev–Trinajstić information content (AvgIpc) is 2.82. The summed E-state index contributed by atoms with van der Waals surface area (Å²) in [6, 6.07) is 20.2. The van der Waals surface area contributed by atoms with Gasteiger partial charge in [0, 0.05) is 12.1 Å². The Morgan fingerprint density at radius 1 is 0.848 bits per heavy atom. The molecule has 5 N–H and O–H groups in total. The van der Waals surface area contributed by atoms with Crippen LogP contribution in [0.3, 0.4) is 0 Å². The first-order valence-corrected chi connectivity index (χ1v) is 11.4. The van der Waals surface area contributed by atoms with E-state index in [1.54, 1.807) is 24.3 Å². The Morgan fingerprint density at radius 3 is 2.42 bits per heavy atom. The zero-order chi connectivity index (χ0) is 23.5. The largest absolute Gasteiger partial charge is 0.508 e. The Balaban J connectivity index is 1.31. The SMILES string of the molecule is OCc1cc([C@@H](O)CNCCc2ccc(OCCCCc3cccc(O)c3)cc2)ccc1O. The maximum Gasteiger partial charge on any atom is 0.121 e. The maximum absolute atomic E-state index is 10.3. The van der Waals surface area contributed by atoms with E-state index in [2.05, 4.69) is 5.32 Å². The Kier molecular flexibility index (Phi) is 9.57. The Hall–Kier alpha value is -3.06. The molecule has 33 heavy (non-hydrogen) atoms. The molecule has 0 saturated heterocycles. The summed E-state index contributed by atoms with van der Waals surface area (Å²) >= 11 is 0. The molecule has 3 aromatic carbocycles. The van der Waals surface area contributed by atoms with Crippen LogP contribution in [0, 0.1) is 0 Å². The van der Waals surface area contributed by atoms with Crippen LogP contribution < -0.4 is 10.1 Å². The van der Waals surface area contributed by atoms with Crippen LogP contribution in [0.4, 0.5) is 0 Å². The smallest absolute Gasteiger partial charge is 0.121 e. The average molecular weight is 452 g/mol. The van der Waals surface area contributed by atoms with Crippen molar-refractivity contribution in [3.63, 3.8) is 0 Å². The Morgan fingerprint density at radius 2 is 1.67 bits per heavy atom. The molecule has 0 aliphatic heterocycles. The fourth-order valence-corrected chi connectivity index (χ4v) is 3.61. The number of aromatic hydroxyl groups is 2. The van der Waals surface area contributed by atoms with E-state index in [-0.39, 0.29) is 12.4 Å². The predicted octanol–water partition coefficient (Wildman–Crippen LogP) is 3.86. The van der Waals surface area contributed by atoms with E-state index < -0.39 is 6.10 Å². The molecule has 0 radical (unpaired) electrons. The second-order valence-corrected chi connectivity index (χ2v) is 8.14. The van der Waals surface area contributed by atoms with Crippen LogP contribution in [-0.2, 0) is 19.4 Å². The maximum atomic E-state index is 10.3. The highest BCUT2D eigenvalue weighted by molar-refractivity contribution is 5.36. The van der Waals surface area contributed by atoms with Gasteiger partial charge in [0.05, 0.1) is 19.3 Å². The molecule has 176 valence electrons. The third-order valence-electron chi connectivity index (χ3n) is 5.55. The van der Waals surface area contributed by atoms with Gasteiger partial charge in [-0.25, -0.2) is 0 Å². The fourth-order valence-electron chi connectivity index (χ4n) is 3.61. The van der Waals surface area contributed by atoms with Gasteiger partial charge < -0.3 is 30.5 Å². The van der Waals surface area contributed by atoms with E-state index in [0.29, 0.717) is 30.0 Å². The molecular weight excluding hydrogens is 418 g/mol. The van der Waals surface area contributed by atoms with Crippen LogP contribution in [0.5, 0.6) is 17.2 Å². The molecule has 1 atom stereocenters. The number of rotatable bonds is 13. The van der Waals surface area contributed by atoms with Crippen LogP contribution >= 0.6 is 0 Å². The molecular formula is C27H33NO5. The second kappa shape index (κ2) is 12.8. The van der Waals surface area contributed by atoms with Crippen molar-refractivity contribution in [2.45, 2.75) is 38.4 Å². The number of aliphatic hydroxyl groups is 2. The monoisotopic (exact) mass is 451 g/mol. The lowest BCUT2D eigenvalue weighted by Crippen LogP contribution is -2.23. The summed E-state index contributed by atoms with van der Waals surface area (Å²) in [4.78, 5) is 0. The van der Waals surface area contributed by atoms with Gasteiger partial charge in [0.1, 0.15) is 17.2 Å². The third kappa shape index (κ3) is 8.09. The van der Waals surface area contributed by atoms with Crippen molar-refractivity contribution in [1.29, 1.82) is 0 Å². The van der Waals surface area contributed by atoms with Crippen molar-refractivity contribution < 1.29 is 25.2 Å². The van der Waals surface area contributed by atoms with Crippen molar-refractivity contribution >= 4 is 0 Å². The van der Waals surface area contributed by atoms with Gasteiger partial charge in [-0.2, -0.15) is 0 Å². The van der Waals surface area contributed by atoms with Gasteiger partial charge in [-0.3, -0.25) is 0 Å². The summed E-state index contributed by atoms with van der Waals surface area (Å²) in [6.45, 7) is 1.50. The number of aliphatic hydroxyl groups excluding tert-OH is 2. The number of benzene rings is 3. The van der Waals surface area contributed by atoms with E-state index >= 15 is 0 Å². The highest BCUT2D eigenvalue weighted by Gasteiger charge is 2.10. The van der Waals surface area contributed by atoms with Crippen LogP contribution in [0.1, 0.15) is 41.2 Å². The summed E-state index contributed by atoms with van der Waals surface area (Å²) in [5.74, 6) is 1.19. The van der Waals surface area contributed by atoms with Crippen molar-refractivity contribution in [2.75, 3.05) is 19.7 Å². The van der Waals surface area contributed by atoms with E-state index in [1.807, 2.05) is 36.4 Å². The lowest BCUT2D eigenvalue weighted by atomic mass is 10.1. The van der Waals surface area contributed by atoms with Gasteiger partial charge in [-0.15, -0.1) is 0 Å². The lowest BCUT2D eigenvalue weighted by molar-refractivity contribution is 0.174. The standard InChI is InChI=1S/C27H33NO5/c29-19-23-17-22(9-12-26(23)31)27(32)18-28-14-13-20-7-10-25(11-8-20)33-15-2-1-4-21-5-3-6-24(30)16-21/h3,5-12,16-17,27-32H,1-2,4,13-15,18-19H2/t27-/m0/s1. The minimum atomic E-state index is -0.709. The molecule has 0 aliphatic carbocycles. The van der Waals surface area contributed by atoms with E-state index in [4.69, 9.17) is 4.74 Å². The number of unbranched alkanes of at least 4 members (excludes halogenated alkanes) is 1. The molecule has 0 amide bonds. The summed E-state index contributed by atoms with van der Waals surface area (Å²) in [7, 11) is 0. The number of hydrogen-bond acceptors (Lipinski definition) is 6. The number of ether oxygens (including phenoxy) is 1. The number of hydrogen-bond donors (Lipinski definition) is 5. The van der Waals surface area contributed by atoms with E-state index in [0.717, 1.165) is 43.5 Å². The third-order valence-corrected chi connectivity index (χ3v) is 5.55. The molecule has 0 unspecified atom stereocenters. The van der Waals surface area contributed by atoms with Gasteiger partial charge in [0.25, 0.3) is 0 Å². The quantitative estimate of drug-likeness (QED) is 0.253. The Bertz CT molecular complexity index is 990. The summed E-state index contributed by atoms with van der Waals surface area (Å²) in [5, 5.41) is 41.9. The van der Waals surface area contributed by atoms with Gasteiger partial charge in [-0.05, 0) is 85.3 Å². The molecule has 0 spiro atoms. The number of phenolic OH excluding ortho intramolecular Hbond substituents is 1. The number of phenols is 2. The molecule has 3 rings (SSSR count).